The van der Waals surface area contributed by atoms with E-state index in [9.17, 15) is 4.79 Å². The van der Waals surface area contributed by atoms with Crippen molar-refractivity contribution >= 4 is 17.5 Å². The molecule has 0 aromatic carbocycles. The Labute approximate surface area is 109 Å². The number of amides is 1. The van der Waals surface area contributed by atoms with Crippen LogP contribution >= 0.6 is 11.6 Å². The molecule has 98 valence electrons. The minimum absolute atomic E-state index is 0.314. The summed E-state index contributed by atoms with van der Waals surface area (Å²) in [5, 5.41) is 0. The summed E-state index contributed by atoms with van der Waals surface area (Å²) < 4.78 is 0. The summed E-state index contributed by atoms with van der Waals surface area (Å²) in [4.78, 5) is 16.5. The first-order chi connectivity index (χ1) is 8.13. The zero-order chi connectivity index (χ0) is 12.4. The van der Waals surface area contributed by atoms with Gasteiger partial charge in [-0.25, -0.2) is 0 Å². The molecule has 1 heterocycles. The van der Waals surface area contributed by atoms with E-state index in [4.69, 9.17) is 11.6 Å². The van der Waals surface area contributed by atoms with E-state index >= 15 is 0 Å². The molecule has 2 rings (SSSR count). The topological polar surface area (TPSA) is 23.6 Å². The first-order valence-electron chi connectivity index (χ1n) is 6.65. The molecule has 0 radical (unpaired) electrons. The number of hydrogen-bond acceptors (Lipinski definition) is 2. The van der Waals surface area contributed by atoms with Gasteiger partial charge in [0, 0.05) is 30.9 Å². The number of carbonyl (C=O) groups excluding carboxylic acids is 1. The van der Waals surface area contributed by atoms with Crippen molar-refractivity contribution in [1.82, 2.24) is 9.80 Å². The monoisotopic (exact) mass is 258 g/mol. The van der Waals surface area contributed by atoms with Gasteiger partial charge < -0.3 is 9.80 Å². The normalized spacial score (nSPS) is 34.7. The minimum atomic E-state index is 0.314. The number of hydrogen-bond donors (Lipinski definition) is 0. The van der Waals surface area contributed by atoms with Crippen molar-refractivity contribution in [3.63, 3.8) is 0 Å². The summed E-state index contributed by atoms with van der Waals surface area (Å²) >= 11 is 5.89. The predicted octanol–water partition coefficient (Wildman–Crippen LogP) is 1.95. The van der Waals surface area contributed by atoms with Crippen molar-refractivity contribution in [3.8, 4) is 0 Å². The van der Waals surface area contributed by atoms with Gasteiger partial charge in [0.2, 0.25) is 5.91 Å². The molecule has 1 aliphatic carbocycles. The zero-order valence-corrected chi connectivity index (χ0v) is 11.6. The zero-order valence-electron chi connectivity index (χ0n) is 10.9. The van der Waals surface area contributed by atoms with Crippen LogP contribution in [0.4, 0.5) is 0 Å². The van der Waals surface area contributed by atoms with Crippen LogP contribution < -0.4 is 0 Å². The summed E-state index contributed by atoms with van der Waals surface area (Å²) in [6, 6.07) is 0.946. The highest BCUT2D eigenvalue weighted by molar-refractivity contribution is 6.18. The summed E-state index contributed by atoms with van der Waals surface area (Å²) in [7, 11) is 4.26. The van der Waals surface area contributed by atoms with Gasteiger partial charge in [0.1, 0.15) is 0 Å². The lowest BCUT2D eigenvalue weighted by Gasteiger charge is -2.41. The summed E-state index contributed by atoms with van der Waals surface area (Å²) in [6.45, 7) is 0.872. The lowest BCUT2D eigenvalue weighted by Crippen LogP contribution is -2.51. The van der Waals surface area contributed by atoms with Gasteiger partial charge in [0.25, 0.3) is 0 Å². The van der Waals surface area contributed by atoms with Crippen molar-refractivity contribution in [2.24, 2.45) is 5.92 Å². The number of rotatable bonds is 3. The number of likely N-dealkylation sites (tertiary alicyclic amines) is 1. The van der Waals surface area contributed by atoms with Crippen LogP contribution in [0.5, 0.6) is 0 Å². The van der Waals surface area contributed by atoms with Gasteiger partial charge in [-0.3, -0.25) is 4.79 Å². The number of likely N-dealkylation sites (N-methyl/N-ethyl adjacent to an activating group) is 1. The highest BCUT2D eigenvalue weighted by Gasteiger charge is 2.39. The molecule has 0 spiro atoms. The molecule has 3 atom stereocenters. The maximum absolute atomic E-state index is 12.1. The third-order valence-electron chi connectivity index (χ3n) is 4.21. The lowest BCUT2D eigenvalue weighted by molar-refractivity contribution is -0.131. The van der Waals surface area contributed by atoms with Gasteiger partial charge in [-0.1, -0.05) is 12.8 Å². The lowest BCUT2D eigenvalue weighted by atomic mass is 9.88. The average Bonchev–Trinajstić information content (AvgIpc) is 2.70. The van der Waals surface area contributed by atoms with Gasteiger partial charge in [0.05, 0.1) is 0 Å². The quantitative estimate of drug-likeness (QED) is 0.723. The van der Waals surface area contributed by atoms with Crippen LogP contribution in [0.15, 0.2) is 0 Å². The van der Waals surface area contributed by atoms with E-state index in [0.29, 0.717) is 36.2 Å². The molecule has 1 unspecified atom stereocenters. The smallest absolute Gasteiger partial charge is 0.223 e. The van der Waals surface area contributed by atoms with Crippen molar-refractivity contribution in [3.05, 3.63) is 0 Å². The van der Waals surface area contributed by atoms with Crippen LogP contribution in [0, 0.1) is 5.92 Å². The van der Waals surface area contributed by atoms with Crippen LogP contribution in [0.25, 0.3) is 0 Å². The third-order valence-corrected chi connectivity index (χ3v) is 4.65. The number of alkyl halides is 1. The first-order valence-corrected chi connectivity index (χ1v) is 7.18. The van der Waals surface area contributed by atoms with E-state index in [1.165, 1.54) is 19.3 Å². The second-order valence-corrected chi connectivity index (χ2v) is 5.96. The van der Waals surface area contributed by atoms with E-state index in [2.05, 4.69) is 23.9 Å². The Morgan fingerprint density at radius 3 is 2.65 bits per heavy atom. The van der Waals surface area contributed by atoms with Crippen LogP contribution in [-0.2, 0) is 4.79 Å². The largest absolute Gasteiger partial charge is 0.338 e. The molecule has 0 N–H and O–H groups in total. The third kappa shape index (κ3) is 2.76. The Morgan fingerprint density at radius 2 is 2.06 bits per heavy atom. The van der Waals surface area contributed by atoms with Crippen molar-refractivity contribution in [2.75, 3.05) is 26.5 Å². The van der Waals surface area contributed by atoms with Gasteiger partial charge in [-0.15, -0.1) is 11.6 Å². The minimum Gasteiger partial charge on any atom is -0.338 e. The van der Waals surface area contributed by atoms with Crippen LogP contribution in [0.2, 0.25) is 0 Å². The standard InChI is InChI=1S/C13H23ClN2O/c1-15(2)11-5-3-4-6-12(11)16-9-10(8-14)7-13(16)17/h10-12H,3-9H2,1-2H3/t10?,11-,12-/m0/s1. The summed E-state index contributed by atoms with van der Waals surface area (Å²) in [6.07, 6.45) is 5.57. The fourth-order valence-corrected chi connectivity index (χ4v) is 3.50. The van der Waals surface area contributed by atoms with Crippen molar-refractivity contribution in [1.29, 1.82) is 0 Å². The molecular formula is C13H23ClN2O. The van der Waals surface area contributed by atoms with Gasteiger partial charge in [-0.2, -0.15) is 0 Å². The molecule has 2 aliphatic rings. The molecule has 4 heteroatoms. The Kier molecular flexibility index (Phi) is 4.31. The number of halogens is 1. The molecule has 3 nitrogen and oxygen atoms in total. The van der Waals surface area contributed by atoms with E-state index in [-0.39, 0.29) is 0 Å². The van der Waals surface area contributed by atoms with E-state index in [0.717, 1.165) is 13.0 Å². The first kappa shape index (κ1) is 13.2. The second kappa shape index (κ2) is 5.57. The van der Waals surface area contributed by atoms with Gasteiger partial charge in [0.15, 0.2) is 0 Å². The highest BCUT2D eigenvalue weighted by Crippen LogP contribution is 2.31. The van der Waals surface area contributed by atoms with Gasteiger partial charge >= 0.3 is 0 Å². The summed E-state index contributed by atoms with van der Waals surface area (Å²) in [5.41, 5.74) is 0. The SMILES string of the molecule is CN(C)[C@H]1CCCC[C@@H]1N1CC(CCl)CC1=O. The maximum atomic E-state index is 12.1. The molecule has 1 saturated heterocycles. The molecule has 2 fully saturated rings. The molecule has 1 saturated carbocycles. The maximum Gasteiger partial charge on any atom is 0.223 e. The second-order valence-electron chi connectivity index (χ2n) is 5.65. The molecule has 0 aromatic heterocycles. The Morgan fingerprint density at radius 1 is 1.35 bits per heavy atom. The van der Waals surface area contributed by atoms with Gasteiger partial charge in [-0.05, 0) is 32.9 Å². The van der Waals surface area contributed by atoms with Crippen LogP contribution in [0.1, 0.15) is 32.1 Å². The van der Waals surface area contributed by atoms with E-state index in [1.807, 2.05) is 0 Å². The Bertz CT molecular complexity index is 283. The summed E-state index contributed by atoms with van der Waals surface area (Å²) in [5.74, 6) is 1.30. The average molecular weight is 259 g/mol. The number of nitrogens with zero attached hydrogens (tertiary/aromatic N) is 2. The Hall–Kier alpha value is -0.280. The highest BCUT2D eigenvalue weighted by atomic mass is 35.5. The fourth-order valence-electron chi connectivity index (χ4n) is 3.29. The molecule has 1 aliphatic heterocycles. The van der Waals surface area contributed by atoms with Crippen molar-refractivity contribution < 1.29 is 4.79 Å². The van der Waals surface area contributed by atoms with E-state index in [1.54, 1.807) is 0 Å². The van der Waals surface area contributed by atoms with Crippen LogP contribution in [-0.4, -0.2) is 54.3 Å². The molecule has 1 amide bonds. The molecule has 0 aromatic rings. The Balaban J connectivity index is 2.06. The number of carbonyl (C=O) groups is 1. The molecular weight excluding hydrogens is 236 g/mol. The fraction of sp³-hybridized carbons (Fsp3) is 0.923. The molecule has 0 bridgehead atoms. The molecule has 17 heavy (non-hydrogen) atoms. The van der Waals surface area contributed by atoms with Crippen molar-refractivity contribution in [2.45, 2.75) is 44.2 Å². The van der Waals surface area contributed by atoms with Crippen LogP contribution in [0.3, 0.4) is 0 Å². The van der Waals surface area contributed by atoms with E-state index < -0.39 is 0 Å². The predicted molar refractivity (Wildman–Crippen MR) is 70.3 cm³/mol.